The number of para-hydroxylation sites is 1. The highest BCUT2D eigenvalue weighted by atomic mass is 16.3. The van der Waals surface area contributed by atoms with Crippen molar-refractivity contribution in [3.05, 3.63) is 186 Å². The van der Waals surface area contributed by atoms with E-state index in [0.29, 0.717) is 5.84 Å². The maximum absolute atomic E-state index is 6.61. The number of hydrogen-bond donors (Lipinski definition) is 1. The van der Waals surface area contributed by atoms with Crippen molar-refractivity contribution in [2.24, 2.45) is 15.9 Å². The normalized spacial score (nSPS) is 13.5. The summed E-state index contributed by atoms with van der Waals surface area (Å²) in [5, 5.41) is 9.77. The molecule has 2 heterocycles. The molecule has 5 nitrogen and oxygen atoms in total. The number of aliphatic imine (C=N–C) groups is 1. The smallest absolute Gasteiger partial charge is 0.179 e. The first-order valence-corrected chi connectivity index (χ1v) is 17.9. The molecule has 5 heteroatoms. The van der Waals surface area contributed by atoms with E-state index in [1.807, 2.05) is 42.5 Å². The van der Waals surface area contributed by atoms with Gasteiger partial charge in [-0.05, 0) is 69.8 Å². The lowest BCUT2D eigenvalue weighted by Gasteiger charge is -2.16. The fourth-order valence-electron chi connectivity index (χ4n) is 7.90. The van der Waals surface area contributed by atoms with Crippen LogP contribution in [-0.4, -0.2) is 11.5 Å². The zero-order valence-electron chi connectivity index (χ0n) is 28.8. The lowest BCUT2D eigenvalue weighted by Crippen LogP contribution is -2.13. The summed E-state index contributed by atoms with van der Waals surface area (Å²) in [5.41, 5.74) is 11.5. The molecule has 0 atom stereocenters. The fraction of sp³-hybridized carbons (Fsp3) is 0.0417. The van der Waals surface area contributed by atoms with Gasteiger partial charge in [0.2, 0.25) is 0 Å². The lowest BCUT2D eigenvalue weighted by atomic mass is 9.89. The van der Waals surface area contributed by atoms with Crippen molar-refractivity contribution in [2.75, 3.05) is 0 Å². The molecule has 1 aliphatic carbocycles. The summed E-state index contributed by atoms with van der Waals surface area (Å²) in [4.78, 5) is 5.43. The Kier molecular flexibility index (Phi) is 7.36. The van der Waals surface area contributed by atoms with Gasteiger partial charge in [-0.2, -0.15) is 5.10 Å². The van der Waals surface area contributed by atoms with Crippen molar-refractivity contribution < 1.29 is 8.83 Å². The summed E-state index contributed by atoms with van der Waals surface area (Å²) in [7, 11) is 0. The van der Waals surface area contributed by atoms with Crippen molar-refractivity contribution in [3.63, 3.8) is 0 Å². The van der Waals surface area contributed by atoms with Crippen LogP contribution in [0.4, 0.5) is 0 Å². The van der Waals surface area contributed by atoms with Crippen LogP contribution in [0.25, 0.3) is 71.5 Å². The Bertz CT molecular complexity index is 2960. The molecule has 0 bridgehead atoms. The van der Waals surface area contributed by atoms with Crippen LogP contribution in [0.5, 0.6) is 0 Å². The van der Waals surface area contributed by atoms with E-state index in [9.17, 15) is 0 Å². The van der Waals surface area contributed by atoms with Gasteiger partial charge in [0, 0.05) is 44.8 Å². The Morgan fingerprint density at radius 2 is 1.28 bits per heavy atom. The second kappa shape index (κ2) is 12.7. The minimum Gasteiger partial charge on any atom is -0.460 e. The van der Waals surface area contributed by atoms with Crippen LogP contribution in [0.3, 0.4) is 0 Å². The average Bonchev–Trinajstić information content (AvgIpc) is 3.81. The van der Waals surface area contributed by atoms with Crippen LogP contribution in [0, 0.1) is 0 Å². The van der Waals surface area contributed by atoms with Gasteiger partial charge in [0.1, 0.15) is 22.5 Å². The number of nitrogens with two attached hydrogens (primary N) is 1. The number of amidine groups is 1. The molecule has 2 N–H and O–H groups in total. The van der Waals surface area contributed by atoms with Crippen LogP contribution in [-0.2, 0) is 6.42 Å². The molecule has 252 valence electrons. The average molecular weight is 684 g/mol. The van der Waals surface area contributed by atoms with Crippen LogP contribution in [0.1, 0.15) is 28.9 Å². The fourth-order valence-corrected chi connectivity index (χ4v) is 7.90. The molecule has 0 saturated heterocycles. The minimum atomic E-state index is 0.439. The summed E-state index contributed by atoms with van der Waals surface area (Å²) in [6, 6.07) is 54.5. The monoisotopic (exact) mass is 683 g/mol. The number of hydrazone groups is 1. The second-order valence-corrected chi connectivity index (χ2v) is 13.4. The largest absolute Gasteiger partial charge is 0.460 e. The SMILES string of the molecule is N/N=C(\N=C(\c1ccc2ccccc2c1)c1cccc2oc3ccccc3c12)C1=CCCc2oc3cccc(-c4cccc(-c5ccccc5)c4)c3c21. The van der Waals surface area contributed by atoms with E-state index in [-0.39, 0.29) is 0 Å². The number of benzene rings is 7. The Balaban J connectivity index is 1.18. The van der Waals surface area contributed by atoms with Gasteiger partial charge in [0.25, 0.3) is 0 Å². The molecule has 53 heavy (non-hydrogen) atoms. The van der Waals surface area contributed by atoms with Gasteiger partial charge in [-0.1, -0.05) is 133 Å². The summed E-state index contributed by atoms with van der Waals surface area (Å²) in [6.45, 7) is 0. The predicted molar refractivity (Wildman–Crippen MR) is 218 cm³/mol. The quantitative estimate of drug-likeness (QED) is 0.0849. The number of fused-ring (bicyclic) bond motifs is 7. The molecular formula is C48H33N3O2. The van der Waals surface area contributed by atoms with Gasteiger partial charge < -0.3 is 14.7 Å². The van der Waals surface area contributed by atoms with Gasteiger partial charge in [0.05, 0.1) is 5.71 Å². The molecule has 7 aromatic carbocycles. The highest BCUT2D eigenvalue weighted by Crippen LogP contribution is 2.43. The molecule has 0 aliphatic heterocycles. The first-order valence-electron chi connectivity index (χ1n) is 17.9. The van der Waals surface area contributed by atoms with Crippen LogP contribution >= 0.6 is 0 Å². The summed E-state index contributed by atoms with van der Waals surface area (Å²) in [6.07, 6.45) is 3.76. The van der Waals surface area contributed by atoms with Crippen molar-refractivity contribution in [1.29, 1.82) is 0 Å². The maximum atomic E-state index is 6.61. The topological polar surface area (TPSA) is 77.0 Å². The van der Waals surface area contributed by atoms with E-state index < -0.39 is 0 Å². The van der Waals surface area contributed by atoms with E-state index in [1.54, 1.807) is 0 Å². The van der Waals surface area contributed by atoms with Crippen LogP contribution in [0.15, 0.2) is 183 Å². The van der Waals surface area contributed by atoms with Gasteiger partial charge in [-0.25, -0.2) is 4.99 Å². The zero-order chi connectivity index (χ0) is 35.3. The van der Waals surface area contributed by atoms with Crippen LogP contribution < -0.4 is 5.84 Å². The molecule has 0 unspecified atom stereocenters. The lowest BCUT2D eigenvalue weighted by molar-refractivity contribution is 0.546. The number of aryl methyl sites for hydroxylation is 1. The standard InChI is InChI=1S/C48H33N3O2/c49-51-48(39-21-11-25-43-46(39)45-36(19-9-24-42(45)53-43)34-17-8-16-33(28-34)30-12-2-1-3-13-30)50-47(35-27-26-31-14-4-5-15-32(31)29-35)38-20-10-23-41-44(38)37-18-6-7-22-40(37)52-41/h1-10,12-24,26-29H,11,25,49H2/b50-47-,51-48-. The van der Waals surface area contributed by atoms with Crippen molar-refractivity contribution in [1.82, 2.24) is 0 Å². The molecule has 0 saturated carbocycles. The van der Waals surface area contributed by atoms with Gasteiger partial charge in [-0.3, -0.25) is 0 Å². The maximum Gasteiger partial charge on any atom is 0.179 e. The molecule has 0 spiro atoms. The highest BCUT2D eigenvalue weighted by Gasteiger charge is 2.27. The number of hydrogen-bond acceptors (Lipinski definition) is 4. The molecule has 9 aromatic rings. The third-order valence-electron chi connectivity index (χ3n) is 10.3. The summed E-state index contributed by atoms with van der Waals surface area (Å²) >= 11 is 0. The number of furan rings is 2. The van der Waals surface area contributed by atoms with E-state index in [1.165, 1.54) is 5.56 Å². The molecule has 0 fully saturated rings. The highest BCUT2D eigenvalue weighted by molar-refractivity contribution is 6.34. The first-order chi connectivity index (χ1) is 26.2. The van der Waals surface area contributed by atoms with Crippen molar-refractivity contribution >= 4 is 60.8 Å². The number of allylic oxidation sites excluding steroid dienone is 1. The number of nitrogens with zero attached hydrogens (tertiary/aromatic N) is 2. The predicted octanol–water partition coefficient (Wildman–Crippen LogP) is 12.0. The Hall–Kier alpha value is -6.98. The Labute approximate surface area is 306 Å². The van der Waals surface area contributed by atoms with Gasteiger partial charge in [-0.15, -0.1) is 0 Å². The Morgan fingerprint density at radius 1 is 0.566 bits per heavy atom. The molecule has 0 amide bonds. The second-order valence-electron chi connectivity index (χ2n) is 13.4. The summed E-state index contributed by atoms with van der Waals surface area (Å²) < 4.78 is 13.0. The van der Waals surface area contributed by atoms with Gasteiger partial charge >= 0.3 is 0 Å². The molecule has 1 aliphatic rings. The minimum absolute atomic E-state index is 0.439. The van der Waals surface area contributed by atoms with Crippen molar-refractivity contribution in [2.45, 2.75) is 12.8 Å². The van der Waals surface area contributed by atoms with Crippen molar-refractivity contribution in [3.8, 4) is 22.3 Å². The van der Waals surface area contributed by atoms with E-state index >= 15 is 0 Å². The zero-order valence-corrected chi connectivity index (χ0v) is 28.8. The third-order valence-corrected chi connectivity index (χ3v) is 10.3. The Morgan fingerprint density at radius 3 is 2.17 bits per heavy atom. The molecule has 2 aromatic heterocycles. The van der Waals surface area contributed by atoms with E-state index in [2.05, 4.69) is 126 Å². The van der Waals surface area contributed by atoms with E-state index in [4.69, 9.17) is 19.7 Å². The van der Waals surface area contributed by atoms with Crippen LogP contribution in [0.2, 0.25) is 0 Å². The third kappa shape index (κ3) is 5.25. The van der Waals surface area contributed by atoms with Gasteiger partial charge in [0.15, 0.2) is 5.84 Å². The number of rotatable bonds is 5. The molecule has 0 radical (unpaired) electrons. The molecular weight excluding hydrogens is 651 g/mol. The first kappa shape index (κ1) is 30.8. The summed E-state index contributed by atoms with van der Waals surface area (Å²) in [5.74, 6) is 7.73. The molecule has 10 rings (SSSR count). The van der Waals surface area contributed by atoms with E-state index in [0.717, 1.165) is 107 Å².